The molecule has 0 aromatic carbocycles. The molecule has 0 radical (unpaired) electrons. The van der Waals surface area contributed by atoms with E-state index in [9.17, 15) is 4.79 Å². The monoisotopic (exact) mass is 240 g/mol. The molecule has 0 atom stereocenters. The van der Waals surface area contributed by atoms with Gasteiger partial charge in [-0.15, -0.1) is 0 Å². The Morgan fingerprint density at radius 1 is 1.12 bits per heavy atom. The molecule has 1 fully saturated rings. The minimum absolute atomic E-state index is 0.0869. The molecule has 0 unspecified atom stereocenters. The van der Waals surface area contributed by atoms with Gasteiger partial charge in [0, 0.05) is 43.1 Å². The Morgan fingerprint density at radius 3 is 2.00 bits per heavy atom. The molecule has 1 N–H and O–H groups in total. The van der Waals surface area contributed by atoms with Crippen molar-refractivity contribution in [2.75, 3.05) is 26.2 Å². The molecule has 1 heterocycles. The largest absolute Gasteiger partial charge is 0.314 e. The second-order valence-electron chi connectivity index (χ2n) is 6.44. The van der Waals surface area contributed by atoms with Crippen LogP contribution in [0.3, 0.4) is 0 Å². The molecule has 0 aliphatic carbocycles. The summed E-state index contributed by atoms with van der Waals surface area (Å²) in [7, 11) is 0. The first-order chi connectivity index (χ1) is 7.71. The minimum Gasteiger partial charge on any atom is -0.314 e. The molecule has 0 aromatic rings. The number of nitrogens with zero attached hydrogens (tertiary/aromatic N) is 1. The smallest absolute Gasteiger partial charge is 0.142 e. The van der Waals surface area contributed by atoms with Gasteiger partial charge in [0.1, 0.15) is 5.78 Å². The SMILES string of the molecule is CC(C)C(=O)C(C)(C)C(C)(C)N1CCNCC1. The summed E-state index contributed by atoms with van der Waals surface area (Å²) in [6, 6.07) is 0. The molecule has 1 rings (SSSR count). The third-order valence-corrected chi connectivity index (χ3v) is 4.58. The van der Waals surface area contributed by atoms with Gasteiger partial charge in [-0.25, -0.2) is 0 Å². The van der Waals surface area contributed by atoms with Gasteiger partial charge in [-0.1, -0.05) is 27.7 Å². The van der Waals surface area contributed by atoms with Crippen molar-refractivity contribution >= 4 is 5.78 Å². The Balaban J connectivity index is 2.90. The Kier molecular flexibility index (Phi) is 4.37. The van der Waals surface area contributed by atoms with E-state index in [0.717, 1.165) is 26.2 Å². The van der Waals surface area contributed by atoms with Crippen molar-refractivity contribution in [2.24, 2.45) is 11.3 Å². The molecule has 0 bridgehead atoms. The van der Waals surface area contributed by atoms with Gasteiger partial charge < -0.3 is 5.32 Å². The lowest BCUT2D eigenvalue weighted by molar-refractivity contribution is -0.138. The predicted octanol–water partition coefficient (Wildman–Crippen LogP) is 1.92. The third-order valence-electron chi connectivity index (χ3n) is 4.58. The average Bonchev–Trinajstić information content (AvgIpc) is 2.28. The maximum Gasteiger partial charge on any atom is 0.142 e. The summed E-state index contributed by atoms with van der Waals surface area (Å²) in [5, 5.41) is 3.36. The van der Waals surface area contributed by atoms with Gasteiger partial charge in [-0.3, -0.25) is 9.69 Å². The first-order valence-corrected chi connectivity index (χ1v) is 6.71. The maximum atomic E-state index is 12.4. The zero-order valence-electron chi connectivity index (χ0n) is 12.3. The van der Waals surface area contributed by atoms with E-state index in [2.05, 4.69) is 37.9 Å². The molecule has 0 saturated carbocycles. The summed E-state index contributed by atoms with van der Waals surface area (Å²) < 4.78 is 0. The van der Waals surface area contributed by atoms with E-state index in [1.54, 1.807) is 0 Å². The Labute approximate surface area is 106 Å². The molecule has 17 heavy (non-hydrogen) atoms. The zero-order chi connectivity index (χ0) is 13.3. The molecule has 1 saturated heterocycles. The van der Waals surface area contributed by atoms with Gasteiger partial charge in [0.05, 0.1) is 0 Å². The van der Waals surface area contributed by atoms with Gasteiger partial charge in [0.2, 0.25) is 0 Å². The first kappa shape index (κ1) is 14.7. The van der Waals surface area contributed by atoms with Crippen molar-refractivity contribution in [1.82, 2.24) is 10.2 Å². The molecule has 100 valence electrons. The molecular formula is C14H28N2O. The quantitative estimate of drug-likeness (QED) is 0.815. The van der Waals surface area contributed by atoms with Crippen LogP contribution < -0.4 is 5.32 Å². The van der Waals surface area contributed by atoms with E-state index < -0.39 is 0 Å². The fourth-order valence-corrected chi connectivity index (χ4v) is 2.64. The van der Waals surface area contributed by atoms with Crippen LogP contribution in [0.15, 0.2) is 0 Å². The zero-order valence-corrected chi connectivity index (χ0v) is 12.3. The van der Waals surface area contributed by atoms with E-state index in [-0.39, 0.29) is 16.9 Å². The lowest BCUT2D eigenvalue weighted by Gasteiger charge is -2.50. The van der Waals surface area contributed by atoms with Crippen LogP contribution in [-0.2, 0) is 4.79 Å². The van der Waals surface area contributed by atoms with Crippen molar-refractivity contribution in [1.29, 1.82) is 0 Å². The molecule has 1 aliphatic heterocycles. The van der Waals surface area contributed by atoms with Crippen LogP contribution >= 0.6 is 0 Å². The molecule has 0 amide bonds. The fraction of sp³-hybridized carbons (Fsp3) is 0.929. The summed E-state index contributed by atoms with van der Waals surface area (Å²) in [6.07, 6.45) is 0. The van der Waals surface area contributed by atoms with E-state index in [0.29, 0.717) is 5.78 Å². The lowest BCUT2D eigenvalue weighted by atomic mass is 9.67. The number of ketones is 1. The number of nitrogens with one attached hydrogen (secondary N) is 1. The highest BCUT2D eigenvalue weighted by Gasteiger charge is 2.47. The third kappa shape index (κ3) is 2.71. The van der Waals surface area contributed by atoms with Gasteiger partial charge in [0.15, 0.2) is 0 Å². The summed E-state index contributed by atoms with van der Waals surface area (Å²) in [5.74, 6) is 0.466. The topological polar surface area (TPSA) is 32.3 Å². The lowest BCUT2D eigenvalue weighted by Crippen LogP contribution is -2.62. The highest BCUT2D eigenvalue weighted by Crippen LogP contribution is 2.38. The van der Waals surface area contributed by atoms with Crippen LogP contribution in [-0.4, -0.2) is 42.4 Å². The van der Waals surface area contributed by atoms with Crippen molar-refractivity contribution < 1.29 is 4.79 Å². The van der Waals surface area contributed by atoms with Crippen LogP contribution in [0.4, 0.5) is 0 Å². The Hall–Kier alpha value is -0.410. The van der Waals surface area contributed by atoms with Crippen LogP contribution in [0.25, 0.3) is 0 Å². The number of rotatable bonds is 4. The fourth-order valence-electron chi connectivity index (χ4n) is 2.64. The normalized spacial score (nSPS) is 19.7. The molecule has 1 aliphatic rings. The highest BCUT2D eigenvalue weighted by atomic mass is 16.1. The molecule has 0 spiro atoms. The number of hydrogen-bond acceptors (Lipinski definition) is 3. The Bertz CT molecular complexity index is 276. The molecule has 3 heteroatoms. The Morgan fingerprint density at radius 2 is 1.59 bits per heavy atom. The van der Waals surface area contributed by atoms with Crippen LogP contribution in [0.2, 0.25) is 0 Å². The first-order valence-electron chi connectivity index (χ1n) is 6.71. The van der Waals surface area contributed by atoms with Gasteiger partial charge in [-0.2, -0.15) is 0 Å². The second-order valence-corrected chi connectivity index (χ2v) is 6.44. The van der Waals surface area contributed by atoms with Gasteiger partial charge in [0.25, 0.3) is 0 Å². The van der Waals surface area contributed by atoms with Crippen LogP contribution in [0.1, 0.15) is 41.5 Å². The van der Waals surface area contributed by atoms with Crippen molar-refractivity contribution in [2.45, 2.75) is 47.1 Å². The van der Waals surface area contributed by atoms with E-state index in [1.807, 2.05) is 13.8 Å². The van der Waals surface area contributed by atoms with Crippen molar-refractivity contribution in [3.05, 3.63) is 0 Å². The summed E-state index contributed by atoms with van der Waals surface area (Å²) in [6.45, 7) is 16.7. The van der Waals surface area contributed by atoms with Gasteiger partial charge >= 0.3 is 0 Å². The second kappa shape index (κ2) is 5.07. The summed E-state index contributed by atoms with van der Waals surface area (Å²) in [4.78, 5) is 14.9. The number of carbonyl (C=O) groups excluding carboxylic acids is 1. The number of Topliss-reactive ketones (excluding diaryl/α,β-unsaturated/α-hetero) is 1. The predicted molar refractivity (Wildman–Crippen MR) is 72.1 cm³/mol. The van der Waals surface area contributed by atoms with Crippen molar-refractivity contribution in [3.8, 4) is 0 Å². The van der Waals surface area contributed by atoms with E-state index in [1.165, 1.54) is 0 Å². The minimum atomic E-state index is -0.307. The number of hydrogen-bond donors (Lipinski definition) is 1. The van der Waals surface area contributed by atoms with E-state index in [4.69, 9.17) is 0 Å². The van der Waals surface area contributed by atoms with E-state index >= 15 is 0 Å². The molecule has 0 aromatic heterocycles. The maximum absolute atomic E-state index is 12.4. The van der Waals surface area contributed by atoms with Crippen LogP contribution in [0, 0.1) is 11.3 Å². The van der Waals surface area contributed by atoms with Crippen molar-refractivity contribution in [3.63, 3.8) is 0 Å². The average molecular weight is 240 g/mol. The number of carbonyl (C=O) groups is 1. The standard InChI is InChI=1S/C14H28N2O/c1-11(2)12(17)13(3,4)14(5,6)16-9-7-15-8-10-16/h11,15H,7-10H2,1-6H3. The van der Waals surface area contributed by atoms with Crippen LogP contribution in [0.5, 0.6) is 0 Å². The molecular weight excluding hydrogens is 212 g/mol. The van der Waals surface area contributed by atoms with Gasteiger partial charge in [-0.05, 0) is 13.8 Å². The molecule has 3 nitrogen and oxygen atoms in total. The summed E-state index contributed by atoms with van der Waals surface area (Å²) in [5.41, 5.74) is -0.394. The number of piperazine rings is 1. The highest BCUT2D eigenvalue weighted by molar-refractivity contribution is 5.87. The summed E-state index contributed by atoms with van der Waals surface area (Å²) >= 11 is 0.